The molecule has 0 bridgehead atoms. The Kier molecular flexibility index (Phi) is 6.03. The molecule has 0 spiro atoms. The second-order valence-electron chi connectivity index (χ2n) is 7.71. The maximum Gasteiger partial charge on any atom is 0.336 e. The third kappa shape index (κ3) is 3.99. The number of nitrogens with zero attached hydrogens (tertiary/aromatic N) is 2. The van der Waals surface area contributed by atoms with Crippen LogP contribution in [0, 0.1) is 0 Å². The molecule has 0 aliphatic rings. The molecule has 4 aromatic rings. The number of rotatable bonds is 6. The summed E-state index contributed by atoms with van der Waals surface area (Å²) in [5, 5.41) is 3.34. The smallest absolute Gasteiger partial charge is 0.336 e. The Morgan fingerprint density at radius 3 is 2.31 bits per heavy atom. The molecule has 1 amide bonds. The lowest BCUT2D eigenvalue weighted by atomic mass is 10.1. The first-order valence-electron chi connectivity index (χ1n) is 10.7. The Morgan fingerprint density at radius 2 is 1.56 bits per heavy atom. The van der Waals surface area contributed by atoms with E-state index in [0.717, 1.165) is 11.1 Å². The van der Waals surface area contributed by atoms with Crippen molar-refractivity contribution in [2.75, 3.05) is 0 Å². The maximum absolute atomic E-state index is 13.5. The minimum atomic E-state index is -0.530. The molecule has 0 saturated heterocycles. The third-order valence-electron chi connectivity index (χ3n) is 5.64. The normalized spacial score (nSPS) is 11.9. The Morgan fingerprint density at radius 1 is 0.906 bits per heavy atom. The zero-order valence-electron chi connectivity index (χ0n) is 18.1. The minimum Gasteiger partial charge on any atom is -0.348 e. The summed E-state index contributed by atoms with van der Waals surface area (Å²) < 4.78 is 2.55. The van der Waals surface area contributed by atoms with Crippen molar-refractivity contribution in [2.24, 2.45) is 0 Å². The Bertz CT molecular complexity index is 1390. The molecule has 6 heteroatoms. The molecule has 6 nitrogen and oxygen atoms in total. The molecule has 1 N–H and O–H groups in total. The van der Waals surface area contributed by atoms with Crippen LogP contribution in [0.1, 0.15) is 31.0 Å². The molecule has 162 valence electrons. The molecule has 4 rings (SSSR count). The van der Waals surface area contributed by atoms with E-state index < -0.39 is 5.69 Å². The summed E-state index contributed by atoms with van der Waals surface area (Å²) in [6, 6.07) is 23.6. The predicted octanol–water partition coefficient (Wildman–Crippen LogP) is 3.59. The van der Waals surface area contributed by atoms with Gasteiger partial charge in [0.25, 0.3) is 5.56 Å². The fraction of sp³-hybridized carbons (Fsp3) is 0.192. The van der Waals surface area contributed by atoms with E-state index in [1.54, 1.807) is 36.4 Å². The number of amides is 1. The van der Waals surface area contributed by atoms with Crippen molar-refractivity contribution in [1.29, 1.82) is 0 Å². The largest absolute Gasteiger partial charge is 0.348 e. The van der Waals surface area contributed by atoms with Crippen molar-refractivity contribution < 1.29 is 4.79 Å². The molecule has 1 atom stereocenters. The van der Waals surface area contributed by atoms with Gasteiger partial charge >= 0.3 is 5.69 Å². The van der Waals surface area contributed by atoms with E-state index in [0.29, 0.717) is 23.0 Å². The van der Waals surface area contributed by atoms with Gasteiger partial charge in [-0.1, -0.05) is 67.6 Å². The average molecular weight is 428 g/mol. The predicted molar refractivity (Wildman–Crippen MR) is 126 cm³/mol. The van der Waals surface area contributed by atoms with Crippen LogP contribution in [0.15, 0.2) is 88.5 Å². The fourth-order valence-electron chi connectivity index (χ4n) is 3.97. The molecule has 1 aromatic heterocycles. The van der Waals surface area contributed by atoms with Crippen LogP contribution in [0.25, 0.3) is 16.6 Å². The zero-order valence-corrected chi connectivity index (χ0v) is 18.1. The first-order chi connectivity index (χ1) is 15.5. The van der Waals surface area contributed by atoms with Crippen LogP contribution in [-0.2, 0) is 17.8 Å². The average Bonchev–Trinajstić information content (AvgIpc) is 2.82. The van der Waals surface area contributed by atoms with Gasteiger partial charge in [0.05, 0.1) is 22.6 Å². The SMILES string of the molecule is CCc1ccccc1-n1c(=O)c2ccccc2n(CC(=O)NC(C)c2ccccc2)c1=O. The van der Waals surface area contributed by atoms with E-state index in [-0.39, 0.29) is 24.1 Å². The monoisotopic (exact) mass is 427 g/mol. The highest BCUT2D eigenvalue weighted by Crippen LogP contribution is 2.15. The van der Waals surface area contributed by atoms with E-state index in [9.17, 15) is 14.4 Å². The molecule has 0 aliphatic heterocycles. The second kappa shape index (κ2) is 9.06. The second-order valence-corrected chi connectivity index (χ2v) is 7.71. The third-order valence-corrected chi connectivity index (χ3v) is 5.64. The van der Waals surface area contributed by atoms with E-state index >= 15 is 0 Å². The highest BCUT2D eigenvalue weighted by Gasteiger charge is 2.18. The van der Waals surface area contributed by atoms with Crippen molar-refractivity contribution in [3.63, 3.8) is 0 Å². The van der Waals surface area contributed by atoms with Crippen molar-refractivity contribution in [3.8, 4) is 5.69 Å². The lowest BCUT2D eigenvalue weighted by Gasteiger charge is -2.18. The van der Waals surface area contributed by atoms with E-state index in [4.69, 9.17) is 0 Å². The van der Waals surface area contributed by atoms with Crippen LogP contribution in [-0.4, -0.2) is 15.0 Å². The fourth-order valence-corrected chi connectivity index (χ4v) is 3.97. The summed E-state index contributed by atoms with van der Waals surface area (Å²) in [4.78, 5) is 39.7. The van der Waals surface area contributed by atoms with E-state index in [2.05, 4.69) is 5.32 Å². The number of carbonyl (C=O) groups excluding carboxylic acids is 1. The number of nitrogens with one attached hydrogen (secondary N) is 1. The lowest BCUT2D eigenvalue weighted by molar-refractivity contribution is -0.122. The van der Waals surface area contributed by atoms with Gasteiger partial charge in [-0.3, -0.25) is 14.2 Å². The van der Waals surface area contributed by atoms with Crippen molar-refractivity contribution in [2.45, 2.75) is 32.9 Å². The topological polar surface area (TPSA) is 73.1 Å². The Hall–Kier alpha value is -3.93. The molecule has 0 radical (unpaired) electrons. The van der Waals surface area contributed by atoms with Crippen LogP contribution in [0.4, 0.5) is 0 Å². The zero-order chi connectivity index (χ0) is 22.7. The van der Waals surface area contributed by atoms with Gasteiger partial charge < -0.3 is 5.32 Å². The molecule has 0 saturated carbocycles. The molecule has 3 aromatic carbocycles. The highest BCUT2D eigenvalue weighted by atomic mass is 16.2. The summed E-state index contributed by atoms with van der Waals surface area (Å²) in [6.45, 7) is 3.68. The van der Waals surface area contributed by atoms with Gasteiger partial charge in [-0.25, -0.2) is 9.36 Å². The summed E-state index contributed by atoms with van der Waals surface area (Å²) in [5.41, 5.74) is 1.92. The van der Waals surface area contributed by atoms with Crippen molar-refractivity contribution >= 4 is 16.8 Å². The molecule has 1 unspecified atom stereocenters. The number of hydrogen-bond donors (Lipinski definition) is 1. The van der Waals surface area contributed by atoms with Gasteiger partial charge in [-0.2, -0.15) is 0 Å². The minimum absolute atomic E-state index is 0.189. The number of carbonyl (C=O) groups is 1. The van der Waals surface area contributed by atoms with Crippen LogP contribution < -0.4 is 16.6 Å². The first kappa shape index (κ1) is 21.3. The van der Waals surface area contributed by atoms with Crippen LogP contribution >= 0.6 is 0 Å². The molecule has 1 heterocycles. The number of fused-ring (bicyclic) bond motifs is 1. The van der Waals surface area contributed by atoms with Gasteiger partial charge in [-0.15, -0.1) is 0 Å². The standard InChI is InChI=1S/C26H25N3O3/c1-3-19-11-7-9-15-22(19)29-25(31)21-14-8-10-16-23(21)28(26(29)32)17-24(30)27-18(2)20-12-5-4-6-13-20/h4-16,18H,3,17H2,1-2H3,(H,27,30). The molecular weight excluding hydrogens is 402 g/mol. The van der Waals surface area contributed by atoms with Crippen molar-refractivity contribution in [3.05, 3.63) is 111 Å². The van der Waals surface area contributed by atoms with Gasteiger partial charge in [0.15, 0.2) is 0 Å². The van der Waals surface area contributed by atoms with Gasteiger partial charge in [-0.05, 0) is 42.7 Å². The molecule has 32 heavy (non-hydrogen) atoms. The molecule has 0 fully saturated rings. The van der Waals surface area contributed by atoms with Crippen LogP contribution in [0.5, 0.6) is 0 Å². The summed E-state index contributed by atoms with van der Waals surface area (Å²) in [7, 11) is 0. The van der Waals surface area contributed by atoms with Crippen molar-refractivity contribution in [1.82, 2.24) is 14.5 Å². The first-order valence-corrected chi connectivity index (χ1v) is 10.7. The Labute approximate surface area is 185 Å². The van der Waals surface area contributed by atoms with E-state index in [1.165, 1.54) is 9.13 Å². The van der Waals surface area contributed by atoms with Crippen LogP contribution in [0.2, 0.25) is 0 Å². The number of benzene rings is 3. The molecule has 0 aliphatic carbocycles. The molecular formula is C26H25N3O3. The number of aromatic nitrogens is 2. The summed E-state index contributed by atoms with van der Waals surface area (Å²) in [6.07, 6.45) is 0.671. The maximum atomic E-state index is 13.5. The Balaban J connectivity index is 1.80. The van der Waals surface area contributed by atoms with Gasteiger partial charge in [0, 0.05) is 0 Å². The number of aryl methyl sites for hydroxylation is 1. The lowest BCUT2D eigenvalue weighted by Crippen LogP contribution is -2.42. The summed E-state index contributed by atoms with van der Waals surface area (Å²) >= 11 is 0. The van der Waals surface area contributed by atoms with Gasteiger partial charge in [0.1, 0.15) is 6.54 Å². The van der Waals surface area contributed by atoms with Crippen LogP contribution in [0.3, 0.4) is 0 Å². The summed E-state index contributed by atoms with van der Waals surface area (Å²) in [5.74, 6) is -0.303. The quantitative estimate of drug-likeness (QED) is 0.511. The van der Waals surface area contributed by atoms with E-state index in [1.807, 2.05) is 56.3 Å². The highest BCUT2D eigenvalue weighted by molar-refractivity contribution is 5.82. The van der Waals surface area contributed by atoms with Gasteiger partial charge in [0.2, 0.25) is 5.91 Å². The number of hydrogen-bond acceptors (Lipinski definition) is 3. The number of para-hydroxylation sites is 2.